The van der Waals surface area contributed by atoms with Crippen LogP contribution in [0.1, 0.15) is 25.8 Å². The first kappa shape index (κ1) is 15.0. The predicted molar refractivity (Wildman–Crippen MR) is 77.8 cm³/mol. The zero-order valence-corrected chi connectivity index (χ0v) is 11.9. The fourth-order valence-electron chi connectivity index (χ4n) is 2.27. The minimum atomic E-state index is 0.480. The smallest absolute Gasteiger partial charge is 0.0615 e. The molecule has 0 amide bonds. The number of nitrogens with two attached hydrogens (primary N) is 1. The van der Waals surface area contributed by atoms with Crippen LogP contribution < -0.4 is 5.73 Å². The maximum Gasteiger partial charge on any atom is 0.0615 e. The Hall–Kier alpha value is -1.06. The molecule has 3 nitrogen and oxygen atoms in total. The van der Waals surface area contributed by atoms with E-state index >= 15 is 0 Å². The summed E-state index contributed by atoms with van der Waals surface area (Å²) in [6.07, 6.45) is 2.18. The summed E-state index contributed by atoms with van der Waals surface area (Å²) in [6.45, 7) is 7.36. The average molecular weight is 250 g/mol. The van der Waals surface area contributed by atoms with Gasteiger partial charge in [-0.25, -0.2) is 0 Å². The van der Waals surface area contributed by atoms with E-state index in [2.05, 4.69) is 30.9 Å². The van der Waals surface area contributed by atoms with E-state index in [9.17, 15) is 0 Å². The van der Waals surface area contributed by atoms with Crippen LogP contribution in [-0.4, -0.2) is 37.7 Å². The van der Waals surface area contributed by atoms with Crippen LogP contribution in [0.15, 0.2) is 24.3 Å². The van der Waals surface area contributed by atoms with Crippen LogP contribution in [0.25, 0.3) is 0 Å². The third-order valence-corrected chi connectivity index (χ3v) is 3.38. The molecule has 0 bridgehead atoms. The molecule has 0 heterocycles. The van der Waals surface area contributed by atoms with Crippen molar-refractivity contribution >= 4 is 5.69 Å². The second-order valence-electron chi connectivity index (χ2n) is 4.74. The van der Waals surface area contributed by atoms with E-state index in [0.717, 1.165) is 38.2 Å². The van der Waals surface area contributed by atoms with Gasteiger partial charge >= 0.3 is 0 Å². The number of para-hydroxylation sites is 1. The summed E-state index contributed by atoms with van der Waals surface area (Å²) >= 11 is 0. The minimum Gasteiger partial charge on any atom is -0.399 e. The second-order valence-corrected chi connectivity index (χ2v) is 4.74. The molecule has 2 N–H and O–H groups in total. The van der Waals surface area contributed by atoms with Crippen LogP contribution in [-0.2, 0) is 11.2 Å². The van der Waals surface area contributed by atoms with Crippen molar-refractivity contribution in [3.63, 3.8) is 0 Å². The van der Waals surface area contributed by atoms with Crippen LogP contribution in [0.2, 0.25) is 0 Å². The van der Waals surface area contributed by atoms with Gasteiger partial charge in [-0.2, -0.15) is 0 Å². The highest BCUT2D eigenvalue weighted by atomic mass is 16.5. The number of nitrogen functional groups attached to an aromatic ring is 1. The van der Waals surface area contributed by atoms with Gasteiger partial charge in [0.25, 0.3) is 0 Å². The Balaban J connectivity index is 2.38. The standard InChI is InChI=1S/C15H26N2O/c1-4-17(13(2)12-18-3)11-7-9-14-8-5-6-10-15(14)16/h5-6,8,10,13H,4,7,9,11-12,16H2,1-3H3. The maximum atomic E-state index is 5.94. The number of aryl methyl sites for hydroxylation is 1. The molecule has 102 valence electrons. The van der Waals surface area contributed by atoms with Crippen LogP contribution in [0.3, 0.4) is 0 Å². The molecule has 0 saturated carbocycles. The third-order valence-electron chi connectivity index (χ3n) is 3.38. The van der Waals surface area contributed by atoms with Crippen molar-refractivity contribution in [3.05, 3.63) is 29.8 Å². The van der Waals surface area contributed by atoms with Crippen molar-refractivity contribution in [3.8, 4) is 0 Å². The summed E-state index contributed by atoms with van der Waals surface area (Å²) < 4.78 is 5.21. The lowest BCUT2D eigenvalue weighted by molar-refractivity contribution is 0.102. The summed E-state index contributed by atoms with van der Waals surface area (Å²) in [5.41, 5.74) is 8.11. The van der Waals surface area contributed by atoms with E-state index in [-0.39, 0.29) is 0 Å². The lowest BCUT2D eigenvalue weighted by atomic mass is 10.1. The van der Waals surface area contributed by atoms with Gasteiger partial charge in [0.15, 0.2) is 0 Å². The van der Waals surface area contributed by atoms with Crippen molar-refractivity contribution in [2.24, 2.45) is 0 Å². The van der Waals surface area contributed by atoms with Crippen molar-refractivity contribution in [1.82, 2.24) is 4.90 Å². The lowest BCUT2D eigenvalue weighted by Crippen LogP contribution is -2.36. The first-order valence-corrected chi connectivity index (χ1v) is 6.75. The van der Waals surface area contributed by atoms with E-state index in [1.54, 1.807) is 7.11 Å². The lowest BCUT2D eigenvalue weighted by Gasteiger charge is -2.27. The van der Waals surface area contributed by atoms with Gasteiger partial charge in [-0.15, -0.1) is 0 Å². The SMILES string of the molecule is CCN(CCCc1ccccc1N)C(C)COC. The van der Waals surface area contributed by atoms with Gasteiger partial charge in [0.05, 0.1) is 6.61 Å². The zero-order chi connectivity index (χ0) is 13.4. The van der Waals surface area contributed by atoms with Crippen LogP contribution >= 0.6 is 0 Å². The average Bonchev–Trinajstić information content (AvgIpc) is 2.37. The Bertz CT molecular complexity index is 341. The van der Waals surface area contributed by atoms with E-state index in [0.29, 0.717) is 6.04 Å². The fraction of sp³-hybridized carbons (Fsp3) is 0.600. The van der Waals surface area contributed by atoms with Gasteiger partial charge in [0, 0.05) is 18.8 Å². The van der Waals surface area contributed by atoms with Crippen LogP contribution in [0, 0.1) is 0 Å². The van der Waals surface area contributed by atoms with Crippen molar-refractivity contribution < 1.29 is 4.74 Å². The fourth-order valence-corrected chi connectivity index (χ4v) is 2.27. The molecule has 1 rings (SSSR count). The molecule has 1 aromatic rings. The van der Waals surface area contributed by atoms with Crippen LogP contribution in [0.4, 0.5) is 5.69 Å². The Morgan fingerprint density at radius 3 is 2.67 bits per heavy atom. The molecule has 0 radical (unpaired) electrons. The number of likely N-dealkylation sites (N-methyl/N-ethyl adjacent to an activating group) is 1. The molecule has 0 fully saturated rings. The molecule has 0 saturated heterocycles. The first-order chi connectivity index (χ1) is 8.69. The predicted octanol–water partition coefficient (Wildman–Crippen LogP) is 2.56. The number of ether oxygens (including phenoxy) is 1. The number of benzene rings is 1. The molecule has 1 unspecified atom stereocenters. The first-order valence-electron chi connectivity index (χ1n) is 6.75. The molecule has 0 aliphatic heterocycles. The molecule has 3 heteroatoms. The second kappa shape index (κ2) is 8.11. The third kappa shape index (κ3) is 4.67. The van der Waals surface area contributed by atoms with Gasteiger partial charge in [-0.3, -0.25) is 4.90 Å². The van der Waals surface area contributed by atoms with Crippen molar-refractivity contribution in [2.75, 3.05) is 32.5 Å². The number of nitrogens with zero attached hydrogens (tertiary/aromatic N) is 1. The van der Waals surface area contributed by atoms with Gasteiger partial charge < -0.3 is 10.5 Å². The van der Waals surface area contributed by atoms with E-state index < -0.39 is 0 Å². The molecule has 0 aromatic heterocycles. The van der Waals surface area contributed by atoms with Gasteiger partial charge in [0.2, 0.25) is 0 Å². The topological polar surface area (TPSA) is 38.5 Å². The molecule has 1 aromatic carbocycles. The monoisotopic (exact) mass is 250 g/mol. The molecule has 0 aliphatic carbocycles. The molecule has 0 aliphatic rings. The zero-order valence-electron chi connectivity index (χ0n) is 11.9. The van der Waals surface area contributed by atoms with Crippen molar-refractivity contribution in [1.29, 1.82) is 0 Å². The van der Waals surface area contributed by atoms with E-state index in [1.165, 1.54) is 5.56 Å². The summed E-state index contributed by atoms with van der Waals surface area (Å²) in [4.78, 5) is 2.45. The largest absolute Gasteiger partial charge is 0.399 e. The highest BCUT2D eigenvalue weighted by molar-refractivity contribution is 5.46. The van der Waals surface area contributed by atoms with E-state index in [1.807, 2.05) is 12.1 Å². The Labute approximate surface area is 111 Å². The number of rotatable bonds is 8. The molecular weight excluding hydrogens is 224 g/mol. The number of hydrogen-bond donors (Lipinski definition) is 1. The Morgan fingerprint density at radius 2 is 2.06 bits per heavy atom. The molecular formula is C15H26N2O. The molecule has 1 atom stereocenters. The molecule has 18 heavy (non-hydrogen) atoms. The summed E-state index contributed by atoms with van der Waals surface area (Å²) in [5.74, 6) is 0. The normalized spacial score (nSPS) is 12.9. The number of hydrogen-bond acceptors (Lipinski definition) is 3. The highest BCUT2D eigenvalue weighted by Crippen LogP contribution is 2.13. The summed E-state index contributed by atoms with van der Waals surface area (Å²) in [5, 5.41) is 0. The summed E-state index contributed by atoms with van der Waals surface area (Å²) in [6, 6.07) is 8.60. The highest BCUT2D eigenvalue weighted by Gasteiger charge is 2.11. The summed E-state index contributed by atoms with van der Waals surface area (Å²) in [7, 11) is 1.76. The maximum absolute atomic E-state index is 5.94. The van der Waals surface area contributed by atoms with Crippen molar-refractivity contribution in [2.45, 2.75) is 32.7 Å². The van der Waals surface area contributed by atoms with Gasteiger partial charge in [0.1, 0.15) is 0 Å². The minimum absolute atomic E-state index is 0.480. The Kier molecular flexibility index (Phi) is 6.76. The molecule has 0 spiro atoms. The number of anilines is 1. The Morgan fingerprint density at radius 1 is 1.33 bits per heavy atom. The van der Waals surface area contributed by atoms with Crippen LogP contribution in [0.5, 0.6) is 0 Å². The van der Waals surface area contributed by atoms with E-state index in [4.69, 9.17) is 10.5 Å². The van der Waals surface area contributed by atoms with Gasteiger partial charge in [-0.05, 0) is 44.5 Å². The van der Waals surface area contributed by atoms with Gasteiger partial charge in [-0.1, -0.05) is 25.1 Å². The quantitative estimate of drug-likeness (QED) is 0.721. The number of methoxy groups -OCH3 is 1.